The van der Waals surface area contributed by atoms with Crippen LogP contribution in [-0.2, 0) is 15.9 Å². The highest BCUT2D eigenvalue weighted by molar-refractivity contribution is 5.23. The van der Waals surface area contributed by atoms with Gasteiger partial charge in [-0.1, -0.05) is 24.3 Å². The number of pyridine rings is 1. The molecule has 0 aliphatic rings. The average Bonchev–Trinajstić information content (AvgIpc) is 2.61. The molecule has 0 atom stereocenters. The molecule has 0 amide bonds. The highest BCUT2D eigenvalue weighted by Gasteiger charge is 2.10. The first kappa shape index (κ1) is 18.4. The molecule has 4 heteroatoms. The van der Waals surface area contributed by atoms with E-state index < -0.39 is 0 Å². The summed E-state index contributed by atoms with van der Waals surface area (Å²) in [5, 5.41) is 0. The van der Waals surface area contributed by atoms with Crippen LogP contribution in [-0.4, -0.2) is 24.8 Å². The van der Waals surface area contributed by atoms with Gasteiger partial charge in [0, 0.05) is 24.5 Å². The summed E-state index contributed by atoms with van der Waals surface area (Å²) in [4.78, 5) is 4.22. The van der Waals surface area contributed by atoms with Crippen LogP contribution in [0.3, 0.4) is 0 Å². The Morgan fingerprint density at radius 2 is 1.67 bits per heavy atom. The van der Waals surface area contributed by atoms with Gasteiger partial charge >= 0.3 is 0 Å². The minimum atomic E-state index is -0.272. The van der Waals surface area contributed by atoms with Gasteiger partial charge < -0.3 is 14.2 Å². The molecule has 0 N–H and O–H groups in total. The zero-order valence-corrected chi connectivity index (χ0v) is 14.8. The molecule has 0 saturated heterocycles. The molecule has 4 nitrogen and oxygen atoms in total. The summed E-state index contributed by atoms with van der Waals surface area (Å²) in [6.45, 7) is 7.88. The SMILES string of the molecule is CCOC(OCC)c1ccc(CCCOc2ccc(C)nc2)cc1. The summed E-state index contributed by atoms with van der Waals surface area (Å²) >= 11 is 0. The van der Waals surface area contributed by atoms with Gasteiger partial charge in [-0.25, -0.2) is 0 Å². The van der Waals surface area contributed by atoms with E-state index in [1.165, 1.54) is 5.56 Å². The minimum Gasteiger partial charge on any atom is -0.492 e. The molecule has 0 radical (unpaired) electrons. The van der Waals surface area contributed by atoms with Crippen LogP contribution in [0.4, 0.5) is 0 Å². The Morgan fingerprint density at radius 3 is 2.25 bits per heavy atom. The summed E-state index contributed by atoms with van der Waals surface area (Å²) in [5.74, 6) is 0.826. The fourth-order valence-corrected chi connectivity index (χ4v) is 2.39. The summed E-state index contributed by atoms with van der Waals surface area (Å²) in [7, 11) is 0. The van der Waals surface area contributed by atoms with Crippen molar-refractivity contribution in [3.63, 3.8) is 0 Å². The zero-order chi connectivity index (χ0) is 17.2. The maximum Gasteiger partial charge on any atom is 0.183 e. The Labute approximate surface area is 144 Å². The summed E-state index contributed by atoms with van der Waals surface area (Å²) in [6, 6.07) is 12.3. The fraction of sp³-hybridized carbons (Fsp3) is 0.450. The highest BCUT2D eigenvalue weighted by Crippen LogP contribution is 2.20. The van der Waals surface area contributed by atoms with E-state index in [9.17, 15) is 0 Å². The van der Waals surface area contributed by atoms with Gasteiger partial charge in [-0.05, 0) is 51.3 Å². The highest BCUT2D eigenvalue weighted by atomic mass is 16.7. The predicted molar refractivity (Wildman–Crippen MR) is 95.2 cm³/mol. The van der Waals surface area contributed by atoms with E-state index in [0.29, 0.717) is 19.8 Å². The van der Waals surface area contributed by atoms with Gasteiger partial charge in [-0.15, -0.1) is 0 Å². The lowest BCUT2D eigenvalue weighted by Gasteiger charge is -2.17. The molecule has 2 rings (SSSR count). The molecule has 0 saturated carbocycles. The van der Waals surface area contributed by atoms with Crippen LogP contribution in [0.2, 0.25) is 0 Å². The van der Waals surface area contributed by atoms with Gasteiger partial charge in [-0.2, -0.15) is 0 Å². The number of rotatable bonds is 10. The van der Waals surface area contributed by atoms with Crippen molar-refractivity contribution in [3.05, 3.63) is 59.4 Å². The first-order valence-corrected chi connectivity index (χ1v) is 8.60. The van der Waals surface area contributed by atoms with E-state index in [2.05, 4.69) is 29.2 Å². The Balaban J connectivity index is 1.77. The minimum absolute atomic E-state index is 0.272. The number of hydrogen-bond donors (Lipinski definition) is 0. The van der Waals surface area contributed by atoms with Crippen LogP contribution in [0.5, 0.6) is 5.75 Å². The second kappa shape index (κ2) is 10.1. The largest absolute Gasteiger partial charge is 0.492 e. The molecular formula is C20H27NO3. The molecule has 130 valence electrons. The van der Waals surface area contributed by atoms with Crippen LogP contribution in [0.15, 0.2) is 42.6 Å². The Bertz CT molecular complexity index is 575. The van der Waals surface area contributed by atoms with Crippen LogP contribution >= 0.6 is 0 Å². The fourth-order valence-electron chi connectivity index (χ4n) is 2.39. The van der Waals surface area contributed by atoms with Crippen molar-refractivity contribution in [2.75, 3.05) is 19.8 Å². The molecule has 2 aromatic rings. The molecule has 0 aliphatic carbocycles. The van der Waals surface area contributed by atoms with Crippen LogP contribution in [0.1, 0.15) is 43.4 Å². The molecular weight excluding hydrogens is 302 g/mol. The van der Waals surface area contributed by atoms with Crippen molar-refractivity contribution in [1.29, 1.82) is 0 Å². The summed E-state index contributed by atoms with van der Waals surface area (Å²) in [5.41, 5.74) is 3.35. The van der Waals surface area contributed by atoms with E-state index in [4.69, 9.17) is 14.2 Å². The molecule has 0 fully saturated rings. The first-order valence-electron chi connectivity index (χ1n) is 8.60. The molecule has 1 heterocycles. The van der Waals surface area contributed by atoms with Crippen LogP contribution in [0, 0.1) is 6.92 Å². The van der Waals surface area contributed by atoms with Gasteiger partial charge in [0.05, 0.1) is 12.8 Å². The van der Waals surface area contributed by atoms with E-state index in [1.807, 2.05) is 32.9 Å². The average molecular weight is 329 g/mol. The third-order valence-electron chi connectivity index (χ3n) is 3.65. The molecule has 1 aromatic heterocycles. The van der Waals surface area contributed by atoms with E-state index in [1.54, 1.807) is 6.20 Å². The lowest BCUT2D eigenvalue weighted by Crippen LogP contribution is -2.08. The Kier molecular flexibility index (Phi) is 7.72. The third kappa shape index (κ3) is 5.95. The zero-order valence-electron chi connectivity index (χ0n) is 14.8. The van der Waals surface area contributed by atoms with Crippen molar-refractivity contribution in [3.8, 4) is 5.75 Å². The lowest BCUT2D eigenvalue weighted by atomic mass is 10.1. The molecule has 0 aliphatic heterocycles. The molecule has 1 aromatic carbocycles. The molecule has 0 bridgehead atoms. The van der Waals surface area contributed by atoms with E-state index >= 15 is 0 Å². The second-order valence-corrected chi connectivity index (χ2v) is 5.57. The molecule has 0 unspecified atom stereocenters. The van der Waals surface area contributed by atoms with Crippen molar-refractivity contribution in [2.45, 2.75) is 39.9 Å². The van der Waals surface area contributed by atoms with Crippen molar-refractivity contribution < 1.29 is 14.2 Å². The van der Waals surface area contributed by atoms with Gasteiger partial charge in [0.1, 0.15) is 5.75 Å². The van der Waals surface area contributed by atoms with Crippen molar-refractivity contribution in [1.82, 2.24) is 4.98 Å². The normalized spacial score (nSPS) is 11.0. The Morgan fingerprint density at radius 1 is 0.958 bits per heavy atom. The van der Waals surface area contributed by atoms with Crippen molar-refractivity contribution in [2.24, 2.45) is 0 Å². The smallest absolute Gasteiger partial charge is 0.183 e. The van der Waals surface area contributed by atoms with Crippen LogP contribution < -0.4 is 4.74 Å². The summed E-state index contributed by atoms with van der Waals surface area (Å²) < 4.78 is 16.9. The second-order valence-electron chi connectivity index (χ2n) is 5.57. The number of aromatic nitrogens is 1. The van der Waals surface area contributed by atoms with Gasteiger partial charge in [0.2, 0.25) is 0 Å². The van der Waals surface area contributed by atoms with Crippen molar-refractivity contribution >= 4 is 0 Å². The van der Waals surface area contributed by atoms with Crippen LogP contribution in [0.25, 0.3) is 0 Å². The monoisotopic (exact) mass is 329 g/mol. The third-order valence-corrected chi connectivity index (χ3v) is 3.65. The standard InChI is InChI=1S/C20H27NO3/c1-4-22-20(23-5-2)18-11-9-17(10-12-18)7-6-14-24-19-13-8-16(3)21-15-19/h8-13,15,20H,4-7,14H2,1-3H3. The predicted octanol–water partition coefficient (Wildman–Crippen LogP) is 4.47. The Hall–Kier alpha value is -1.91. The maximum atomic E-state index is 5.71. The molecule has 0 spiro atoms. The van der Waals surface area contributed by atoms with Gasteiger partial charge in [0.15, 0.2) is 6.29 Å². The lowest BCUT2D eigenvalue weighted by molar-refractivity contribution is -0.140. The molecule has 24 heavy (non-hydrogen) atoms. The van der Waals surface area contributed by atoms with Gasteiger partial charge in [-0.3, -0.25) is 4.98 Å². The van der Waals surface area contributed by atoms with E-state index in [0.717, 1.165) is 29.8 Å². The van der Waals surface area contributed by atoms with Gasteiger partial charge in [0.25, 0.3) is 0 Å². The number of benzene rings is 1. The number of nitrogens with zero attached hydrogens (tertiary/aromatic N) is 1. The summed E-state index contributed by atoms with van der Waals surface area (Å²) in [6.07, 6.45) is 3.44. The number of ether oxygens (including phenoxy) is 3. The maximum absolute atomic E-state index is 5.71. The van der Waals surface area contributed by atoms with E-state index in [-0.39, 0.29) is 6.29 Å². The first-order chi connectivity index (χ1) is 11.7. The number of aryl methyl sites for hydroxylation is 2. The topological polar surface area (TPSA) is 40.6 Å². The number of hydrogen-bond acceptors (Lipinski definition) is 4. The quantitative estimate of drug-likeness (QED) is 0.476.